The van der Waals surface area contributed by atoms with Crippen LogP contribution in [0.25, 0.3) is 0 Å². The summed E-state index contributed by atoms with van der Waals surface area (Å²) in [7, 11) is 0. The van der Waals surface area contributed by atoms with Gasteiger partial charge in [0.15, 0.2) is 0 Å². The van der Waals surface area contributed by atoms with Crippen LogP contribution in [0.4, 0.5) is 0 Å². The van der Waals surface area contributed by atoms with Crippen molar-refractivity contribution in [3.05, 3.63) is 94.0 Å². The van der Waals surface area contributed by atoms with Crippen molar-refractivity contribution in [3.63, 3.8) is 0 Å². The molecule has 2 N–H and O–H groups in total. The number of carbonyl (C=O) groups excluding carboxylic acids is 2. The van der Waals surface area contributed by atoms with Gasteiger partial charge in [0.25, 0.3) is 0 Å². The molecule has 0 aliphatic heterocycles. The average Bonchev–Trinajstić information content (AvgIpc) is 2.82. The Bertz CT molecular complexity index is 1140. The van der Waals surface area contributed by atoms with Crippen LogP contribution < -0.4 is 0 Å². The predicted molar refractivity (Wildman–Crippen MR) is 110 cm³/mol. The van der Waals surface area contributed by atoms with Gasteiger partial charge in [-0.25, -0.2) is 9.59 Å². The summed E-state index contributed by atoms with van der Waals surface area (Å²) >= 11 is 0. The van der Waals surface area contributed by atoms with Crippen LogP contribution in [0.15, 0.2) is 60.7 Å². The highest BCUT2D eigenvalue weighted by Crippen LogP contribution is 2.29. The zero-order valence-electron chi connectivity index (χ0n) is 16.6. The molecule has 0 radical (unpaired) electrons. The van der Waals surface area contributed by atoms with Gasteiger partial charge in [-0.1, -0.05) is 24.3 Å². The molecule has 0 aliphatic carbocycles. The Labute approximate surface area is 183 Å². The lowest BCUT2D eigenvalue weighted by Crippen LogP contribution is -2.09. The van der Waals surface area contributed by atoms with E-state index in [9.17, 15) is 19.8 Å². The summed E-state index contributed by atoms with van der Waals surface area (Å²) in [4.78, 5) is 24.5. The predicted octanol–water partition coefficient (Wildman–Crippen LogP) is 3.56. The number of ether oxygens (including phenoxy) is 2. The second-order valence-electron chi connectivity index (χ2n) is 6.66. The highest BCUT2D eigenvalue weighted by atomic mass is 16.5. The van der Waals surface area contributed by atoms with Crippen molar-refractivity contribution in [1.29, 1.82) is 10.5 Å². The Balaban J connectivity index is 1.65. The zero-order valence-corrected chi connectivity index (χ0v) is 16.6. The molecule has 32 heavy (non-hydrogen) atoms. The summed E-state index contributed by atoms with van der Waals surface area (Å²) in [5, 5.41) is 37.9. The highest BCUT2D eigenvalue weighted by molar-refractivity contribution is 5.98. The second-order valence-corrected chi connectivity index (χ2v) is 6.66. The van der Waals surface area contributed by atoms with E-state index in [1.807, 2.05) is 12.1 Å². The summed E-state index contributed by atoms with van der Waals surface area (Å²) < 4.78 is 10.2. The molecule has 0 heterocycles. The van der Waals surface area contributed by atoms with Gasteiger partial charge < -0.3 is 19.7 Å². The van der Waals surface area contributed by atoms with E-state index < -0.39 is 23.4 Å². The lowest BCUT2D eigenvalue weighted by molar-refractivity contribution is 0.0452. The molecule has 0 unspecified atom stereocenters. The Hall–Kier alpha value is -4.82. The van der Waals surface area contributed by atoms with Crippen molar-refractivity contribution < 1.29 is 29.3 Å². The van der Waals surface area contributed by atoms with Gasteiger partial charge >= 0.3 is 11.9 Å². The molecule has 3 rings (SSSR count). The van der Waals surface area contributed by atoms with E-state index in [2.05, 4.69) is 0 Å². The number of rotatable bonds is 6. The molecule has 0 fully saturated rings. The Kier molecular flexibility index (Phi) is 6.69. The first-order valence-electron chi connectivity index (χ1n) is 9.29. The summed E-state index contributed by atoms with van der Waals surface area (Å²) in [5.74, 6) is -2.92. The standard InChI is InChI=1S/C24H16N2O6/c25-11-15-1-5-17(6-2-15)13-31-23(29)19-9-22(28)20(10-21(19)27)24(30)32-14-18-7-3-16(12-26)4-8-18/h1-10,27-28H,13-14H2. The second kappa shape index (κ2) is 9.79. The van der Waals surface area contributed by atoms with Gasteiger partial charge in [0.1, 0.15) is 35.8 Å². The third kappa shape index (κ3) is 5.21. The third-order valence-corrected chi connectivity index (χ3v) is 4.46. The maximum atomic E-state index is 12.3. The number of phenolic OH excluding ortho intramolecular Hbond substituents is 2. The first-order chi connectivity index (χ1) is 15.4. The van der Waals surface area contributed by atoms with Gasteiger partial charge in [-0.2, -0.15) is 10.5 Å². The monoisotopic (exact) mass is 428 g/mol. The molecule has 158 valence electrons. The van der Waals surface area contributed by atoms with Crippen LogP contribution in [-0.2, 0) is 22.7 Å². The molecule has 3 aromatic rings. The lowest BCUT2D eigenvalue weighted by Gasteiger charge is -2.10. The lowest BCUT2D eigenvalue weighted by atomic mass is 10.1. The van der Waals surface area contributed by atoms with Crippen LogP contribution in [0.1, 0.15) is 43.0 Å². The highest BCUT2D eigenvalue weighted by Gasteiger charge is 2.21. The van der Waals surface area contributed by atoms with E-state index in [0.29, 0.717) is 22.3 Å². The summed E-state index contributed by atoms with van der Waals surface area (Å²) in [6.45, 7) is -0.224. The van der Waals surface area contributed by atoms with Crippen molar-refractivity contribution in [3.8, 4) is 23.6 Å². The van der Waals surface area contributed by atoms with Crippen molar-refractivity contribution in [2.24, 2.45) is 0 Å². The molecule has 0 bridgehead atoms. The quantitative estimate of drug-likeness (QED) is 0.448. The maximum Gasteiger partial charge on any atom is 0.342 e. The van der Waals surface area contributed by atoms with Crippen LogP contribution in [-0.4, -0.2) is 22.2 Å². The minimum absolute atomic E-state index is 0.112. The van der Waals surface area contributed by atoms with E-state index in [0.717, 1.165) is 12.1 Å². The Morgan fingerprint density at radius 3 is 1.34 bits per heavy atom. The molecule has 0 aromatic heterocycles. The maximum absolute atomic E-state index is 12.3. The summed E-state index contributed by atoms with van der Waals surface area (Å²) in [6, 6.07) is 18.6. The first kappa shape index (κ1) is 21.9. The van der Waals surface area contributed by atoms with Gasteiger partial charge in [0.05, 0.1) is 23.3 Å². The van der Waals surface area contributed by atoms with Gasteiger partial charge in [-0.15, -0.1) is 0 Å². The van der Waals surface area contributed by atoms with E-state index >= 15 is 0 Å². The molecule has 0 saturated carbocycles. The molecule has 3 aromatic carbocycles. The molecule has 8 nitrogen and oxygen atoms in total. The molecule has 0 saturated heterocycles. The fraction of sp³-hybridized carbons (Fsp3) is 0.0833. The van der Waals surface area contributed by atoms with E-state index in [4.69, 9.17) is 20.0 Å². The summed E-state index contributed by atoms with van der Waals surface area (Å²) in [6.07, 6.45) is 0. The number of hydrogen-bond donors (Lipinski definition) is 2. The van der Waals surface area contributed by atoms with Gasteiger partial charge in [-0.05, 0) is 47.5 Å². The van der Waals surface area contributed by atoms with Crippen molar-refractivity contribution in [2.45, 2.75) is 13.2 Å². The van der Waals surface area contributed by atoms with Crippen LogP contribution in [0, 0.1) is 22.7 Å². The normalized spacial score (nSPS) is 9.94. The van der Waals surface area contributed by atoms with Crippen molar-refractivity contribution >= 4 is 11.9 Å². The molecule has 0 amide bonds. The van der Waals surface area contributed by atoms with Crippen LogP contribution in [0.2, 0.25) is 0 Å². The number of phenols is 2. The SMILES string of the molecule is N#Cc1ccc(COC(=O)c2cc(O)c(C(=O)OCc3ccc(C#N)cc3)cc2O)cc1. The van der Waals surface area contributed by atoms with Crippen molar-refractivity contribution in [2.75, 3.05) is 0 Å². The molecule has 0 aliphatic rings. The van der Waals surface area contributed by atoms with Crippen molar-refractivity contribution in [1.82, 2.24) is 0 Å². The number of aromatic hydroxyl groups is 2. The molecule has 0 atom stereocenters. The molecular formula is C24H16N2O6. The minimum atomic E-state index is -0.903. The fourth-order valence-corrected chi connectivity index (χ4v) is 2.71. The van der Waals surface area contributed by atoms with E-state index in [1.54, 1.807) is 48.5 Å². The number of carbonyl (C=O) groups is 2. The summed E-state index contributed by atoms with van der Waals surface area (Å²) in [5.41, 5.74) is 1.54. The molecule has 8 heteroatoms. The largest absolute Gasteiger partial charge is 0.507 e. The Morgan fingerprint density at radius 1 is 0.688 bits per heavy atom. The Morgan fingerprint density at radius 2 is 1.03 bits per heavy atom. The zero-order chi connectivity index (χ0) is 23.1. The van der Waals surface area contributed by atoms with Crippen LogP contribution in [0.5, 0.6) is 11.5 Å². The number of esters is 2. The fourth-order valence-electron chi connectivity index (χ4n) is 2.71. The number of hydrogen-bond acceptors (Lipinski definition) is 8. The van der Waals surface area contributed by atoms with Crippen LogP contribution >= 0.6 is 0 Å². The van der Waals surface area contributed by atoms with Gasteiger partial charge in [0.2, 0.25) is 0 Å². The van der Waals surface area contributed by atoms with Gasteiger partial charge in [0, 0.05) is 0 Å². The first-order valence-corrected chi connectivity index (χ1v) is 9.29. The van der Waals surface area contributed by atoms with E-state index in [1.165, 1.54) is 0 Å². The average molecular weight is 428 g/mol. The topological polar surface area (TPSA) is 141 Å². The number of benzene rings is 3. The minimum Gasteiger partial charge on any atom is -0.507 e. The third-order valence-electron chi connectivity index (χ3n) is 4.46. The number of nitriles is 2. The smallest absolute Gasteiger partial charge is 0.342 e. The molecular weight excluding hydrogens is 412 g/mol. The van der Waals surface area contributed by atoms with Gasteiger partial charge in [-0.3, -0.25) is 0 Å². The number of nitrogens with zero attached hydrogens (tertiary/aromatic N) is 2. The molecule has 0 spiro atoms. The van der Waals surface area contributed by atoms with E-state index in [-0.39, 0.29) is 24.3 Å². The van der Waals surface area contributed by atoms with Crippen LogP contribution in [0.3, 0.4) is 0 Å².